The number of nitrogens with zero attached hydrogens (tertiary/aromatic N) is 4. The van der Waals surface area contributed by atoms with Crippen molar-refractivity contribution in [2.24, 2.45) is 0 Å². The molecule has 0 saturated carbocycles. The number of piperidine rings is 1. The van der Waals surface area contributed by atoms with E-state index in [1.165, 1.54) is 12.4 Å². The molecule has 17 heavy (non-hydrogen) atoms. The van der Waals surface area contributed by atoms with Crippen LogP contribution in [0.4, 0.5) is 11.6 Å². The van der Waals surface area contributed by atoms with E-state index in [4.69, 9.17) is 0 Å². The average molecular weight is 238 g/mol. The number of aromatic nitrogens is 2. The molecule has 0 radical (unpaired) electrons. The monoisotopic (exact) mass is 238 g/mol. The number of hydrogen-bond acceptors (Lipinski definition) is 6. The minimum Gasteiger partial charge on any atom is -0.388 e. The highest BCUT2D eigenvalue weighted by atomic mass is 16.6. The lowest BCUT2D eigenvalue weighted by molar-refractivity contribution is -0.385. The van der Waals surface area contributed by atoms with Crippen LogP contribution < -0.4 is 4.90 Å². The molecule has 1 unspecified atom stereocenters. The van der Waals surface area contributed by atoms with Crippen LogP contribution in [-0.2, 0) is 0 Å². The largest absolute Gasteiger partial charge is 0.388 e. The molecule has 1 aromatic rings. The zero-order chi connectivity index (χ0) is 12.5. The summed E-state index contributed by atoms with van der Waals surface area (Å²) in [5.74, 6) is 0.426. The van der Waals surface area contributed by atoms with Crippen molar-refractivity contribution in [3.8, 4) is 0 Å². The van der Waals surface area contributed by atoms with Crippen molar-refractivity contribution in [3.63, 3.8) is 0 Å². The van der Waals surface area contributed by atoms with Crippen molar-refractivity contribution in [3.05, 3.63) is 22.5 Å². The maximum Gasteiger partial charge on any atom is 0.305 e. The van der Waals surface area contributed by atoms with Gasteiger partial charge in [-0.3, -0.25) is 10.1 Å². The summed E-state index contributed by atoms with van der Waals surface area (Å²) in [4.78, 5) is 19.7. The summed E-state index contributed by atoms with van der Waals surface area (Å²) in [6, 6.07) is 0. The Morgan fingerprint density at radius 1 is 1.53 bits per heavy atom. The fraction of sp³-hybridized carbons (Fsp3) is 0.600. The van der Waals surface area contributed by atoms with Crippen molar-refractivity contribution in [2.45, 2.75) is 25.4 Å². The maximum absolute atomic E-state index is 10.5. The molecular weight excluding hydrogens is 224 g/mol. The number of β-amino-alcohol motifs (C(OH)–C–C–N with tert-alkyl or cyclic N) is 1. The SMILES string of the molecule is CC1(O)CCCN(c2ncc([N+](=O)[O-])cn2)C1. The van der Waals surface area contributed by atoms with E-state index in [9.17, 15) is 15.2 Å². The van der Waals surface area contributed by atoms with Gasteiger partial charge in [0, 0.05) is 13.1 Å². The van der Waals surface area contributed by atoms with Crippen LogP contribution in [0.1, 0.15) is 19.8 Å². The smallest absolute Gasteiger partial charge is 0.305 e. The van der Waals surface area contributed by atoms with Gasteiger partial charge in [-0.05, 0) is 19.8 Å². The van der Waals surface area contributed by atoms with E-state index in [0.29, 0.717) is 12.5 Å². The van der Waals surface area contributed by atoms with E-state index in [0.717, 1.165) is 19.4 Å². The second kappa shape index (κ2) is 4.25. The third kappa shape index (κ3) is 2.68. The Morgan fingerprint density at radius 3 is 2.71 bits per heavy atom. The Hall–Kier alpha value is -1.76. The van der Waals surface area contributed by atoms with Gasteiger partial charge in [0.2, 0.25) is 5.95 Å². The molecule has 7 nitrogen and oxygen atoms in total. The summed E-state index contributed by atoms with van der Waals surface area (Å²) in [7, 11) is 0. The summed E-state index contributed by atoms with van der Waals surface area (Å²) < 4.78 is 0. The first-order valence-corrected chi connectivity index (χ1v) is 5.42. The van der Waals surface area contributed by atoms with Gasteiger partial charge in [-0.1, -0.05) is 0 Å². The second-order valence-corrected chi connectivity index (χ2v) is 4.52. The molecular formula is C10H14N4O3. The zero-order valence-electron chi connectivity index (χ0n) is 9.54. The molecule has 1 aromatic heterocycles. The van der Waals surface area contributed by atoms with E-state index < -0.39 is 10.5 Å². The summed E-state index contributed by atoms with van der Waals surface area (Å²) in [6.45, 7) is 2.98. The van der Waals surface area contributed by atoms with Crippen LogP contribution in [0.15, 0.2) is 12.4 Å². The molecule has 2 rings (SSSR count). The highest BCUT2D eigenvalue weighted by Crippen LogP contribution is 2.23. The van der Waals surface area contributed by atoms with Gasteiger partial charge >= 0.3 is 5.69 Å². The Kier molecular flexibility index (Phi) is 2.93. The standard InChI is InChI=1S/C10H14N4O3/c1-10(15)3-2-4-13(7-10)9-11-5-8(6-12-9)14(16)17/h5-6,15H,2-4,7H2,1H3. The Morgan fingerprint density at radius 2 is 2.18 bits per heavy atom. The molecule has 1 aliphatic heterocycles. The first kappa shape index (κ1) is 11.7. The van der Waals surface area contributed by atoms with E-state index >= 15 is 0 Å². The van der Waals surface area contributed by atoms with Gasteiger partial charge in [0.1, 0.15) is 12.4 Å². The Labute approximate surface area is 98.3 Å². The number of nitro groups is 1. The molecule has 2 heterocycles. The molecule has 0 aromatic carbocycles. The van der Waals surface area contributed by atoms with Gasteiger partial charge in [-0.15, -0.1) is 0 Å². The predicted octanol–water partition coefficient (Wildman–Crippen LogP) is 0.736. The Bertz CT molecular complexity index is 418. The lowest BCUT2D eigenvalue weighted by atomic mass is 9.95. The predicted molar refractivity (Wildman–Crippen MR) is 60.8 cm³/mol. The van der Waals surface area contributed by atoms with Crippen LogP contribution in [0.25, 0.3) is 0 Å². The lowest BCUT2D eigenvalue weighted by Gasteiger charge is -2.36. The quantitative estimate of drug-likeness (QED) is 0.603. The molecule has 1 fully saturated rings. The normalized spacial score (nSPS) is 24.7. The summed E-state index contributed by atoms with van der Waals surface area (Å²) in [5, 5.41) is 20.4. The maximum atomic E-state index is 10.5. The summed E-state index contributed by atoms with van der Waals surface area (Å²) in [6.07, 6.45) is 3.97. The van der Waals surface area contributed by atoms with Gasteiger partial charge in [-0.2, -0.15) is 0 Å². The van der Waals surface area contributed by atoms with Gasteiger partial charge < -0.3 is 10.0 Å². The minimum atomic E-state index is -0.747. The highest BCUT2D eigenvalue weighted by Gasteiger charge is 2.29. The van der Waals surface area contributed by atoms with Gasteiger partial charge in [0.05, 0.1) is 10.5 Å². The van der Waals surface area contributed by atoms with Crippen molar-refractivity contribution >= 4 is 11.6 Å². The van der Waals surface area contributed by atoms with Gasteiger partial charge in [0.15, 0.2) is 0 Å². The van der Waals surface area contributed by atoms with Crippen molar-refractivity contribution < 1.29 is 10.0 Å². The molecule has 0 amide bonds. The van der Waals surface area contributed by atoms with Crippen molar-refractivity contribution in [2.75, 3.05) is 18.0 Å². The molecule has 1 aliphatic rings. The molecule has 1 saturated heterocycles. The lowest BCUT2D eigenvalue weighted by Crippen LogP contribution is -2.46. The molecule has 0 aliphatic carbocycles. The molecule has 92 valence electrons. The van der Waals surface area contributed by atoms with Gasteiger partial charge in [-0.25, -0.2) is 9.97 Å². The highest BCUT2D eigenvalue weighted by molar-refractivity contribution is 5.35. The third-order valence-corrected chi connectivity index (χ3v) is 2.79. The van der Waals surface area contributed by atoms with E-state index in [2.05, 4.69) is 9.97 Å². The summed E-state index contributed by atoms with van der Waals surface area (Å²) in [5.41, 5.74) is -0.874. The molecule has 0 spiro atoms. The second-order valence-electron chi connectivity index (χ2n) is 4.52. The number of hydrogen-bond donors (Lipinski definition) is 1. The molecule has 1 atom stereocenters. The topological polar surface area (TPSA) is 92.4 Å². The van der Waals surface area contributed by atoms with Crippen LogP contribution >= 0.6 is 0 Å². The van der Waals surface area contributed by atoms with Crippen LogP contribution in [0.5, 0.6) is 0 Å². The minimum absolute atomic E-state index is 0.127. The summed E-state index contributed by atoms with van der Waals surface area (Å²) >= 11 is 0. The van der Waals surface area contributed by atoms with Crippen LogP contribution in [0, 0.1) is 10.1 Å². The van der Waals surface area contributed by atoms with Crippen molar-refractivity contribution in [1.82, 2.24) is 9.97 Å². The third-order valence-electron chi connectivity index (χ3n) is 2.79. The van der Waals surface area contributed by atoms with Crippen molar-refractivity contribution in [1.29, 1.82) is 0 Å². The molecule has 0 bridgehead atoms. The van der Waals surface area contributed by atoms with E-state index in [-0.39, 0.29) is 5.69 Å². The van der Waals surface area contributed by atoms with Gasteiger partial charge in [0.25, 0.3) is 0 Å². The first-order chi connectivity index (χ1) is 7.98. The number of anilines is 1. The van der Waals surface area contributed by atoms with E-state index in [1.807, 2.05) is 4.90 Å². The van der Waals surface area contributed by atoms with Crippen LogP contribution in [0.3, 0.4) is 0 Å². The first-order valence-electron chi connectivity index (χ1n) is 5.42. The van der Waals surface area contributed by atoms with Crippen LogP contribution in [-0.4, -0.2) is 38.7 Å². The van der Waals surface area contributed by atoms with E-state index in [1.54, 1.807) is 6.92 Å². The zero-order valence-corrected chi connectivity index (χ0v) is 9.54. The number of rotatable bonds is 2. The van der Waals surface area contributed by atoms with Crippen LogP contribution in [0.2, 0.25) is 0 Å². The number of aliphatic hydroxyl groups is 1. The fourth-order valence-electron chi connectivity index (χ4n) is 1.96. The average Bonchev–Trinajstić information content (AvgIpc) is 2.28. The molecule has 7 heteroatoms. The Balaban J connectivity index is 2.14. The molecule has 1 N–H and O–H groups in total. The fourth-order valence-corrected chi connectivity index (χ4v) is 1.96.